The van der Waals surface area contributed by atoms with Gasteiger partial charge in [-0.2, -0.15) is 0 Å². The fourth-order valence-corrected chi connectivity index (χ4v) is 1.81. The summed E-state index contributed by atoms with van der Waals surface area (Å²) < 4.78 is 0. The first-order valence-corrected chi connectivity index (χ1v) is 6.17. The summed E-state index contributed by atoms with van der Waals surface area (Å²) in [6.07, 6.45) is 1.08. The van der Waals surface area contributed by atoms with Crippen molar-refractivity contribution in [1.29, 1.82) is 0 Å². The summed E-state index contributed by atoms with van der Waals surface area (Å²) in [7, 11) is 0. The van der Waals surface area contributed by atoms with Gasteiger partial charge in [-0.1, -0.05) is 12.1 Å². The van der Waals surface area contributed by atoms with E-state index in [0.717, 1.165) is 5.56 Å². The Morgan fingerprint density at radius 1 is 1.21 bits per heavy atom. The molecule has 0 spiro atoms. The number of carbonyl (C=O) groups is 2. The van der Waals surface area contributed by atoms with Crippen LogP contribution in [0, 0.1) is 5.92 Å². The van der Waals surface area contributed by atoms with Gasteiger partial charge in [0, 0.05) is 0 Å². The molecule has 0 unspecified atom stereocenters. The highest BCUT2D eigenvalue weighted by atomic mass is 16.4. The first kappa shape index (κ1) is 15.2. The number of phenolic OH excluding ortho intramolecular Hbond substituents is 1. The Bertz CT molecular complexity index is 441. The number of rotatable bonds is 7. The van der Waals surface area contributed by atoms with Crippen molar-refractivity contribution in [3.05, 3.63) is 29.8 Å². The molecule has 0 aliphatic heterocycles. The minimum absolute atomic E-state index is 0.131. The van der Waals surface area contributed by atoms with Crippen LogP contribution in [0.25, 0.3) is 0 Å². The monoisotopic (exact) mass is 265 g/mol. The molecule has 0 saturated heterocycles. The zero-order valence-corrected chi connectivity index (χ0v) is 10.9. The molecule has 0 heterocycles. The van der Waals surface area contributed by atoms with Gasteiger partial charge in [0.2, 0.25) is 0 Å². The molecule has 0 aromatic heterocycles. The van der Waals surface area contributed by atoms with Crippen molar-refractivity contribution in [2.75, 3.05) is 0 Å². The second kappa shape index (κ2) is 6.89. The lowest BCUT2D eigenvalue weighted by atomic mass is 9.92. The maximum Gasteiger partial charge on any atom is 0.306 e. The Balaban J connectivity index is 2.60. The minimum atomic E-state index is -0.899. The fourth-order valence-electron chi connectivity index (χ4n) is 1.81. The molecular formula is C14H19NO4. The number of Topliss-reactive ketones (excluding diaryl/α,β-unsaturated/α-hetero) is 1. The Kier molecular flexibility index (Phi) is 5.51. The van der Waals surface area contributed by atoms with Crippen LogP contribution >= 0.6 is 0 Å². The highest BCUT2D eigenvalue weighted by molar-refractivity contribution is 5.81. The number of ketones is 1. The van der Waals surface area contributed by atoms with Crippen LogP contribution in [0.5, 0.6) is 5.75 Å². The molecule has 5 nitrogen and oxygen atoms in total. The van der Waals surface area contributed by atoms with Gasteiger partial charge in [0.15, 0.2) is 0 Å². The highest BCUT2D eigenvalue weighted by Crippen LogP contribution is 2.18. The van der Waals surface area contributed by atoms with Crippen LogP contribution < -0.4 is 5.73 Å². The number of carbonyl (C=O) groups excluding carboxylic acids is 1. The molecule has 104 valence electrons. The molecule has 0 bridgehead atoms. The summed E-state index contributed by atoms with van der Waals surface area (Å²) >= 11 is 0. The standard InChI is InChI=1S/C14H19NO4/c1-9(16)13(15)7-4-11(14(18)19)8-10-2-5-12(17)6-3-10/h2-3,5-6,11,13,17H,4,7-8,15H2,1H3,(H,18,19)/t11-,13+/m1/s1. The smallest absolute Gasteiger partial charge is 0.306 e. The van der Waals surface area contributed by atoms with Crippen LogP contribution in [0.4, 0.5) is 0 Å². The van der Waals surface area contributed by atoms with E-state index < -0.39 is 17.9 Å². The van der Waals surface area contributed by atoms with Crippen molar-refractivity contribution in [2.45, 2.75) is 32.2 Å². The van der Waals surface area contributed by atoms with Crippen molar-refractivity contribution >= 4 is 11.8 Å². The van der Waals surface area contributed by atoms with Crippen molar-refractivity contribution in [3.63, 3.8) is 0 Å². The van der Waals surface area contributed by atoms with Gasteiger partial charge in [0.25, 0.3) is 0 Å². The molecule has 0 saturated carbocycles. The van der Waals surface area contributed by atoms with E-state index in [0.29, 0.717) is 19.3 Å². The van der Waals surface area contributed by atoms with Crippen molar-refractivity contribution in [1.82, 2.24) is 0 Å². The summed E-state index contributed by atoms with van der Waals surface area (Å²) in [5.41, 5.74) is 6.44. The van der Waals surface area contributed by atoms with Crippen LogP contribution in [-0.4, -0.2) is 28.0 Å². The second-order valence-corrected chi connectivity index (χ2v) is 4.70. The predicted molar refractivity (Wildman–Crippen MR) is 70.8 cm³/mol. The molecule has 0 aliphatic rings. The van der Waals surface area contributed by atoms with Gasteiger partial charge in [0.1, 0.15) is 11.5 Å². The molecule has 1 aromatic rings. The number of benzene rings is 1. The Labute approximate surface area is 112 Å². The quantitative estimate of drug-likeness (QED) is 0.690. The number of aromatic hydroxyl groups is 1. The fraction of sp³-hybridized carbons (Fsp3) is 0.429. The Morgan fingerprint density at radius 2 is 1.79 bits per heavy atom. The van der Waals surface area contributed by atoms with E-state index in [9.17, 15) is 9.59 Å². The van der Waals surface area contributed by atoms with Gasteiger partial charge < -0.3 is 15.9 Å². The number of phenols is 1. The third kappa shape index (κ3) is 5.09. The molecule has 0 fully saturated rings. The summed E-state index contributed by atoms with van der Waals surface area (Å²) in [6.45, 7) is 1.40. The topological polar surface area (TPSA) is 101 Å². The summed E-state index contributed by atoms with van der Waals surface area (Å²) in [6, 6.07) is 5.83. The molecular weight excluding hydrogens is 246 g/mol. The molecule has 4 N–H and O–H groups in total. The number of aliphatic carboxylic acids is 1. The SMILES string of the molecule is CC(=O)[C@@H](N)CC[C@H](Cc1ccc(O)cc1)C(=O)O. The van der Waals surface area contributed by atoms with E-state index in [1.807, 2.05) is 0 Å². The van der Waals surface area contributed by atoms with Crippen LogP contribution in [-0.2, 0) is 16.0 Å². The average molecular weight is 265 g/mol. The molecule has 1 aromatic carbocycles. The number of carboxylic acid groups (broad SMARTS) is 1. The van der Waals surface area contributed by atoms with E-state index in [1.54, 1.807) is 12.1 Å². The van der Waals surface area contributed by atoms with Crippen LogP contribution in [0.15, 0.2) is 24.3 Å². The summed E-state index contributed by atoms with van der Waals surface area (Å²) in [5.74, 6) is -1.46. The third-order valence-electron chi connectivity index (χ3n) is 3.12. The second-order valence-electron chi connectivity index (χ2n) is 4.70. The highest BCUT2D eigenvalue weighted by Gasteiger charge is 2.20. The predicted octanol–water partition coefficient (Wildman–Crippen LogP) is 1.33. The van der Waals surface area contributed by atoms with Crippen molar-refractivity contribution in [2.24, 2.45) is 11.7 Å². The lowest BCUT2D eigenvalue weighted by molar-refractivity contribution is -0.142. The lowest BCUT2D eigenvalue weighted by Crippen LogP contribution is -2.30. The molecule has 5 heteroatoms. The van der Waals surface area contributed by atoms with E-state index in [4.69, 9.17) is 15.9 Å². The van der Waals surface area contributed by atoms with Gasteiger partial charge in [-0.15, -0.1) is 0 Å². The average Bonchev–Trinajstić information content (AvgIpc) is 2.35. The van der Waals surface area contributed by atoms with Crippen LogP contribution in [0.1, 0.15) is 25.3 Å². The van der Waals surface area contributed by atoms with E-state index in [2.05, 4.69) is 0 Å². The van der Waals surface area contributed by atoms with Crippen molar-refractivity contribution in [3.8, 4) is 5.75 Å². The molecule has 0 radical (unpaired) electrons. The normalized spacial score (nSPS) is 13.8. The largest absolute Gasteiger partial charge is 0.508 e. The van der Waals surface area contributed by atoms with Gasteiger partial charge in [0.05, 0.1) is 12.0 Å². The van der Waals surface area contributed by atoms with Gasteiger partial charge in [-0.05, 0) is 43.9 Å². The number of hydrogen-bond acceptors (Lipinski definition) is 4. The summed E-state index contributed by atoms with van der Waals surface area (Å²) in [5, 5.41) is 18.3. The van der Waals surface area contributed by atoms with E-state index in [-0.39, 0.29) is 11.5 Å². The van der Waals surface area contributed by atoms with Gasteiger partial charge in [-0.3, -0.25) is 9.59 Å². The first-order valence-electron chi connectivity index (χ1n) is 6.17. The Morgan fingerprint density at radius 3 is 2.26 bits per heavy atom. The molecule has 1 rings (SSSR count). The van der Waals surface area contributed by atoms with Crippen LogP contribution in [0.2, 0.25) is 0 Å². The first-order chi connectivity index (χ1) is 8.90. The third-order valence-corrected chi connectivity index (χ3v) is 3.12. The zero-order chi connectivity index (χ0) is 14.4. The maximum atomic E-state index is 11.2. The minimum Gasteiger partial charge on any atom is -0.508 e. The van der Waals surface area contributed by atoms with E-state index >= 15 is 0 Å². The lowest BCUT2D eigenvalue weighted by Gasteiger charge is -2.14. The van der Waals surface area contributed by atoms with E-state index in [1.165, 1.54) is 19.1 Å². The number of carboxylic acids is 1. The molecule has 2 atom stereocenters. The van der Waals surface area contributed by atoms with Gasteiger partial charge in [-0.25, -0.2) is 0 Å². The summed E-state index contributed by atoms with van der Waals surface area (Å²) in [4.78, 5) is 22.2. The Hall–Kier alpha value is -1.88. The molecule has 0 aliphatic carbocycles. The molecule has 0 amide bonds. The van der Waals surface area contributed by atoms with Gasteiger partial charge >= 0.3 is 5.97 Å². The number of nitrogens with two attached hydrogens (primary N) is 1. The maximum absolute atomic E-state index is 11.2. The number of hydrogen-bond donors (Lipinski definition) is 3. The van der Waals surface area contributed by atoms with Crippen LogP contribution in [0.3, 0.4) is 0 Å². The van der Waals surface area contributed by atoms with Crippen molar-refractivity contribution < 1.29 is 19.8 Å². The molecule has 19 heavy (non-hydrogen) atoms. The zero-order valence-electron chi connectivity index (χ0n) is 10.9.